The lowest BCUT2D eigenvalue weighted by atomic mass is 10.0. The van der Waals surface area contributed by atoms with E-state index in [1.807, 2.05) is 12.2 Å². The highest BCUT2D eigenvalue weighted by Crippen LogP contribution is 2.43. The average molecular weight is 918 g/mol. The van der Waals surface area contributed by atoms with Gasteiger partial charge in [0.1, 0.15) is 12.7 Å². The highest BCUT2D eigenvalue weighted by atomic mass is 31.2. The molecular weight excluding hydrogens is 830 g/mol. The van der Waals surface area contributed by atoms with E-state index in [9.17, 15) is 34.1 Å². The van der Waals surface area contributed by atoms with E-state index >= 15 is 0 Å². The Balaban J connectivity index is 3.97. The molecule has 0 heterocycles. The summed E-state index contributed by atoms with van der Waals surface area (Å²) in [5, 5.41) is 21.9. The van der Waals surface area contributed by atoms with Crippen molar-refractivity contribution in [1.29, 1.82) is 0 Å². The van der Waals surface area contributed by atoms with Crippen LogP contribution in [0.25, 0.3) is 0 Å². The van der Waals surface area contributed by atoms with E-state index in [0.717, 1.165) is 64.2 Å². The van der Waals surface area contributed by atoms with E-state index in [-0.39, 0.29) is 12.8 Å². The zero-order chi connectivity index (χ0) is 47.0. The molecule has 64 heavy (non-hydrogen) atoms. The van der Waals surface area contributed by atoms with Gasteiger partial charge >= 0.3 is 19.8 Å². The fraction of sp³-hybridized carbons (Fsp3) is 0.673. The van der Waals surface area contributed by atoms with Crippen LogP contribution in [0.4, 0.5) is 0 Å². The number of carboxylic acids is 1. The predicted molar refractivity (Wildman–Crippen MR) is 263 cm³/mol. The number of aliphatic hydroxyl groups excluding tert-OH is 1. The fourth-order valence-corrected chi connectivity index (χ4v) is 7.19. The number of amides is 1. The Kier molecular flexibility index (Phi) is 43.8. The minimum atomic E-state index is -4.78. The summed E-state index contributed by atoms with van der Waals surface area (Å²) in [6, 6.07) is -1.58. The molecule has 0 aliphatic carbocycles. The number of hydrogen-bond donors (Lipinski definition) is 4. The Morgan fingerprint density at radius 3 is 1.33 bits per heavy atom. The monoisotopic (exact) mass is 918 g/mol. The summed E-state index contributed by atoms with van der Waals surface area (Å²) >= 11 is 0. The van der Waals surface area contributed by atoms with Gasteiger partial charge in [-0.05, 0) is 64.2 Å². The Bertz CT molecular complexity index is 1400. The third-order valence-electron chi connectivity index (χ3n) is 10.2. The van der Waals surface area contributed by atoms with E-state index in [1.54, 1.807) is 0 Å². The molecule has 0 spiro atoms. The van der Waals surface area contributed by atoms with Crippen molar-refractivity contribution >= 4 is 25.7 Å². The number of phosphoric ester groups is 1. The number of allylic oxidation sites excluding steroid dienone is 14. The molecule has 0 aromatic carbocycles. The number of nitrogens with one attached hydrogen (secondary N) is 1. The summed E-state index contributed by atoms with van der Waals surface area (Å²) in [4.78, 5) is 46.0. The van der Waals surface area contributed by atoms with Gasteiger partial charge in [0.05, 0.1) is 13.2 Å². The SMILES string of the molecule is CC/C=C\C/C=C\C/C=C\C/C=C\C/C=C\C/C=C\C/C=C\CCCC(=O)NC(COP(=O)(O)OCC(O)COC(=O)CCCCCCCCCCCCCCCCCCC)C(=O)O. The summed E-state index contributed by atoms with van der Waals surface area (Å²) in [5.74, 6) is -2.46. The van der Waals surface area contributed by atoms with E-state index in [1.165, 1.54) is 83.5 Å². The van der Waals surface area contributed by atoms with Crippen molar-refractivity contribution in [3.8, 4) is 0 Å². The van der Waals surface area contributed by atoms with E-state index in [2.05, 4.69) is 92.1 Å². The molecular formula is C52H88NO10P. The number of ether oxygens (including phenoxy) is 1. The predicted octanol–water partition coefficient (Wildman–Crippen LogP) is 13.4. The summed E-state index contributed by atoms with van der Waals surface area (Å²) in [6.07, 6.45) is 57.6. The van der Waals surface area contributed by atoms with Crippen LogP contribution in [-0.2, 0) is 32.7 Å². The van der Waals surface area contributed by atoms with E-state index in [0.29, 0.717) is 19.3 Å². The van der Waals surface area contributed by atoms with Crippen molar-refractivity contribution < 1.29 is 47.8 Å². The van der Waals surface area contributed by atoms with Crippen LogP contribution in [0.3, 0.4) is 0 Å². The number of aliphatic hydroxyl groups is 1. The Morgan fingerprint density at radius 1 is 0.516 bits per heavy atom. The van der Waals surface area contributed by atoms with E-state index in [4.69, 9.17) is 13.8 Å². The van der Waals surface area contributed by atoms with Crippen LogP contribution in [-0.4, -0.2) is 64.9 Å². The van der Waals surface area contributed by atoms with Crippen LogP contribution in [0.15, 0.2) is 85.1 Å². The molecule has 0 rings (SSSR count). The van der Waals surface area contributed by atoms with Crippen molar-refractivity contribution in [1.82, 2.24) is 5.32 Å². The van der Waals surface area contributed by atoms with Gasteiger partial charge in [-0.15, -0.1) is 0 Å². The Labute approximate surface area is 388 Å². The summed E-state index contributed by atoms with van der Waals surface area (Å²) in [7, 11) is -4.78. The number of rotatable bonds is 45. The maximum Gasteiger partial charge on any atom is 0.472 e. The molecule has 0 fully saturated rings. The van der Waals surface area contributed by atoms with Gasteiger partial charge in [0.15, 0.2) is 6.04 Å². The van der Waals surface area contributed by atoms with Gasteiger partial charge in [0.25, 0.3) is 0 Å². The first-order valence-electron chi connectivity index (χ1n) is 24.6. The van der Waals surface area contributed by atoms with Gasteiger partial charge in [-0.25, -0.2) is 9.36 Å². The number of carbonyl (C=O) groups excluding carboxylic acids is 2. The first-order valence-corrected chi connectivity index (χ1v) is 26.1. The minimum absolute atomic E-state index is 0.0612. The van der Waals surface area contributed by atoms with Crippen LogP contribution >= 0.6 is 7.82 Å². The van der Waals surface area contributed by atoms with Gasteiger partial charge < -0.3 is 25.2 Å². The number of carbonyl (C=O) groups is 3. The topological polar surface area (TPSA) is 169 Å². The van der Waals surface area contributed by atoms with Gasteiger partial charge in [-0.1, -0.05) is 202 Å². The lowest BCUT2D eigenvalue weighted by molar-refractivity contribution is -0.147. The quantitative estimate of drug-likeness (QED) is 0.0200. The number of phosphoric acid groups is 1. The minimum Gasteiger partial charge on any atom is -0.480 e. The molecule has 0 radical (unpaired) electrons. The van der Waals surface area contributed by atoms with E-state index < -0.39 is 57.6 Å². The smallest absolute Gasteiger partial charge is 0.472 e. The highest BCUT2D eigenvalue weighted by molar-refractivity contribution is 7.47. The Morgan fingerprint density at radius 2 is 0.906 bits per heavy atom. The number of unbranched alkanes of at least 4 members (excludes halogenated alkanes) is 17. The maximum absolute atomic E-state index is 12.3. The molecule has 1 amide bonds. The molecule has 0 aromatic heterocycles. The van der Waals surface area contributed by atoms with Crippen LogP contribution in [0.1, 0.15) is 194 Å². The molecule has 0 aromatic rings. The van der Waals surface area contributed by atoms with Gasteiger partial charge in [0.2, 0.25) is 5.91 Å². The third kappa shape index (κ3) is 45.2. The molecule has 0 saturated heterocycles. The highest BCUT2D eigenvalue weighted by Gasteiger charge is 2.28. The first-order chi connectivity index (χ1) is 31.1. The molecule has 11 nitrogen and oxygen atoms in total. The summed E-state index contributed by atoms with van der Waals surface area (Å²) in [6.45, 7) is 2.45. The second-order valence-corrected chi connectivity index (χ2v) is 17.7. The van der Waals surface area contributed by atoms with Crippen molar-refractivity contribution in [3.63, 3.8) is 0 Å². The molecule has 3 atom stereocenters. The lowest BCUT2D eigenvalue weighted by Gasteiger charge is -2.18. The van der Waals surface area contributed by atoms with Crippen molar-refractivity contribution in [2.75, 3.05) is 19.8 Å². The number of aliphatic carboxylic acids is 1. The van der Waals surface area contributed by atoms with Gasteiger partial charge in [0, 0.05) is 12.8 Å². The normalized spacial score (nSPS) is 14.3. The Hall–Kier alpha value is -3.34. The fourth-order valence-electron chi connectivity index (χ4n) is 6.42. The standard InChI is InChI=1S/C52H88NO10P/c1-3-5-7-9-11-13-15-17-19-21-22-23-24-25-26-28-29-31-33-35-37-39-41-43-50(55)53-49(52(57)58)47-63-64(59,60)62-46-48(54)45-61-51(56)44-42-40-38-36-34-32-30-27-20-18-16-14-12-10-8-6-4-2/h5,7,11,13,17,19,22-23,25-26,29,31,35,37,48-49,54H,3-4,6,8-10,12,14-16,18,20-21,24,27-28,30,32-34,36,38-47H2,1-2H3,(H,53,55)(H,57,58)(H,59,60)/b7-5-,13-11-,19-17-,23-22-,26-25-,31-29-,37-35-. The molecule has 0 bridgehead atoms. The number of esters is 1. The van der Waals surface area contributed by atoms with Gasteiger partial charge in [-0.2, -0.15) is 0 Å². The molecule has 12 heteroatoms. The van der Waals surface area contributed by atoms with Gasteiger partial charge in [-0.3, -0.25) is 18.6 Å². The number of carboxylic acid groups (broad SMARTS) is 1. The molecule has 0 aliphatic rings. The van der Waals surface area contributed by atoms with Crippen molar-refractivity contribution in [2.24, 2.45) is 0 Å². The van der Waals surface area contributed by atoms with Crippen molar-refractivity contribution in [3.05, 3.63) is 85.1 Å². The van der Waals surface area contributed by atoms with Crippen molar-refractivity contribution in [2.45, 2.75) is 206 Å². The average Bonchev–Trinajstić information content (AvgIpc) is 3.27. The summed E-state index contributed by atoms with van der Waals surface area (Å²) < 4.78 is 26.9. The zero-order valence-electron chi connectivity index (χ0n) is 39.8. The number of hydrogen-bond acceptors (Lipinski definition) is 8. The summed E-state index contributed by atoms with van der Waals surface area (Å²) in [5.41, 5.74) is 0. The first kappa shape index (κ1) is 60.7. The molecule has 3 unspecified atom stereocenters. The molecule has 0 aliphatic heterocycles. The molecule has 0 saturated carbocycles. The zero-order valence-corrected chi connectivity index (χ0v) is 40.7. The third-order valence-corrected chi connectivity index (χ3v) is 11.1. The van der Waals surface area contributed by atoms with Crippen LogP contribution in [0.2, 0.25) is 0 Å². The second kappa shape index (κ2) is 46.2. The molecule has 366 valence electrons. The van der Waals surface area contributed by atoms with Crippen LogP contribution < -0.4 is 5.32 Å². The second-order valence-electron chi connectivity index (χ2n) is 16.3. The lowest BCUT2D eigenvalue weighted by Crippen LogP contribution is -2.43. The van der Waals surface area contributed by atoms with Crippen LogP contribution in [0, 0.1) is 0 Å². The molecule has 4 N–H and O–H groups in total. The maximum atomic E-state index is 12.3. The largest absolute Gasteiger partial charge is 0.480 e. The van der Waals surface area contributed by atoms with Crippen LogP contribution in [0.5, 0.6) is 0 Å².